The number of rotatable bonds is 7. The van der Waals surface area contributed by atoms with Gasteiger partial charge in [-0.2, -0.15) is 0 Å². The lowest BCUT2D eigenvalue weighted by Crippen LogP contribution is -2.42. The molecule has 2 unspecified atom stereocenters. The topological polar surface area (TPSA) is 78.5 Å². The van der Waals surface area contributed by atoms with Gasteiger partial charge in [-0.1, -0.05) is 42.5 Å². The number of nitrogens with one attached hydrogen (secondary N) is 1. The summed E-state index contributed by atoms with van der Waals surface area (Å²) in [6.07, 6.45) is 0.405. The molecule has 0 bridgehead atoms. The van der Waals surface area contributed by atoms with E-state index in [-0.39, 0.29) is 11.9 Å². The molecule has 0 aliphatic heterocycles. The third-order valence-electron chi connectivity index (χ3n) is 3.54. The molecular formula is C18H22N2O2. The van der Waals surface area contributed by atoms with Gasteiger partial charge in [-0.25, -0.2) is 0 Å². The lowest BCUT2D eigenvalue weighted by Gasteiger charge is -2.24. The number of benzene rings is 2. The van der Waals surface area contributed by atoms with E-state index in [1.165, 1.54) is 0 Å². The summed E-state index contributed by atoms with van der Waals surface area (Å²) in [6, 6.07) is 16.9. The molecule has 0 aliphatic carbocycles. The lowest BCUT2D eigenvalue weighted by atomic mass is 9.96. The summed E-state index contributed by atoms with van der Waals surface area (Å²) in [5.74, 6) is -0.141. The Morgan fingerprint density at radius 2 is 1.59 bits per heavy atom. The van der Waals surface area contributed by atoms with Gasteiger partial charge in [-0.15, -0.1) is 0 Å². The van der Waals surface area contributed by atoms with Crippen LogP contribution in [0.4, 0.5) is 5.69 Å². The van der Waals surface area contributed by atoms with Crippen molar-refractivity contribution in [3.05, 3.63) is 78.2 Å². The van der Waals surface area contributed by atoms with Gasteiger partial charge in [-0.3, -0.25) is 0 Å². The number of anilines is 1. The smallest absolute Gasteiger partial charge is 0.176 e. The minimum atomic E-state index is -0.660. The summed E-state index contributed by atoms with van der Waals surface area (Å²) in [6.45, 7) is 3.45. The maximum absolute atomic E-state index is 10.5. The van der Waals surface area contributed by atoms with Crippen molar-refractivity contribution in [2.45, 2.75) is 25.0 Å². The SMILES string of the molecule is C=C(O)NC(Cc1ccccc1)C(O)Cc1ccc(N)cc1. The molecule has 116 valence electrons. The Balaban J connectivity index is 2.06. The quantitative estimate of drug-likeness (QED) is 0.467. The van der Waals surface area contributed by atoms with Crippen molar-refractivity contribution in [2.75, 3.05) is 5.73 Å². The summed E-state index contributed by atoms with van der Waals surface area (Å²) in [5.41, 5.74) is 8.43. The van der Waals surface area contributed by atoms with Crippen LogP contribution in [-0.2, 0) is 12.8 Å². The van der Waals surface area contributed by atoms with E-state index in [1.807, 2.05) is 54.6 Å². The Bertz CT molecular complexity index is 596. The fraction of sp³-hybridized carbons (Fsp3) is 0.222. The molecule has 2 aromatic rings. The minimum absolute atomic E-state index is 0.141. The van der Waals surface area contributed by atoms with Crippen molar-refractivity contribution >= 4 is 5.69 Å². The van der Waals surface area contributed by atoms with Crippen molar-refractivity contribution in [1.82, 2.24) is 5.32 Å². The summed E-state index contributed by atoms with van der Waals surface area (Å²) in [4.78, 5) is 0. The van der Waals surface area contributed by atoms with Crippen LogP contribution in [0.2, 0.25) is 0 Å². The fourth-order valence-electron chi connectivity index (χ4n) is 2.40. The molecule has 0 heterocycles. The van der Waals surface area contributed by atoms with Gasteiger partial charge < -0.3 is 21.3 Å². The molecule has 22 heavy (non-hydrogen) atoms. The summed E-state index contributed by atoms with van der Waals surface area (Å²) >= 11 is 0. The maximum atomic E-state index is 10.5. The summed E-state index contributed by atoms with van der Waals surface area (Å²) in [7, 11) is 0. The maximum Gasteiger partial charge on any atom is 0.176 e. The van der Waals surface area contributed by atoms with E-state index in [0.29, 0.717) is 18.5 Å². The molecule has 0 fully saturated rings. The van der Waals surface area contributed by atoms with Gasteiger partial charge in [0.1, 0.15) is 0 Å². The molecule has 0 saturated carbocycles. The van der Waals surface area contributed by atoms with E-state index >= 15 is 0 Å². The average Bonchev–Trinajstić information content (AvgIpc) is 2.49. The highest BCUT2D eigenvalue weighted by Gasteiger charge is 2.20. The first-order valence-electron chi connectivity index (χ1n) is 7.25. The van der Waals surface area contributed by atoms with Gasteiger partial charge in [0, 0.05) is 12.1 Å². The van der Waals surface area contributed by atoms with Gasteiger partial charge in [0.15, 0.2) is 5.88 Å². The predicted molar refractivity (Wildman–Crippen MR) is 89.4 cm³/mol. The van der Waals surface area contributed by atoms with E-state index in [9.17, 15) is 10.2 Å². The predicted octanol–water partition coefficient (Wildman–Crippen LogP) is 2.40. The van der Waals surface area contributed by atoms with Crippen LogP contribution in [0.1, 0.15) is 11.1 Å². The third kappa shape index (κ3) is 4.82. The highest BCUT2D eigenvalue weighted by molar-refractivity contribution is 5.39. The van der Waals surface area contributed by atoms with E-state index in [2.05, 4.69) is 11.9 Å². The zero-order valence-corrected chi connectivity index (χ0v) is 12.4. The van der Waals surface area contributed by atoms with Crippen molar-refractivity contribution < 1.29 is 10.2 Å². The second-order valence-electron chi connectivity index (χ2n) is 5.40. The van der Waals surface area contributed by atoms with Gasteiger partial charge in [0.25, 0.3) is 0 Å². The van der Waals surface area contributed by atoms with Crippen molar-refractivity contribution in [2.24, 2.45) is 0 Å². The van der Waals surface area contributed by atoms with Crippen molar-refractivity contribution in [3.63, 3.8) is 0 Å². The van der Waals surface area contributed by atoms with E-state index in [0.717, 1.165) is 11.1 Å². The van der Waals surface area contributed by atoms with Gasteiger partial charge in [0.2, 0.25) is 0 Å². The Morgan fingerprint density at radius 3 is 2.18 bits per heavy atom. The number of hydrogen-bond donors (Lipinski definition) is 4. The molecule has 2 atom stereocenters. The van der Waals surface area contributed by atoms with Crippen LogP contribution in [0.3, 0.4) is 0 Å². The van der Waals surface area contributed by atoms with Gasteiger partial charge in [-0.05, 0) is 36.3 Å². The number of nitrogen functional groups attached to an aromatic ring is 1. The van der Waals surface area contributed by atoms with E-state index in [1.54, 1.807) is 0 Å². The second-order valence-corrected chi connectivity index (χ2v) is 5.40. The Morgan fingerprint density at radius 1 is 1.00 bits per heavy atom. The van der Waals surface area contributed by atoms with Gasteiger partial charge >= 0.3 is 0 Å². The lowest BCUT2D eigenvalue weighted by molar-refractivity contribution is 0.123. The van der Waals surface area contributed by atoms with Crippen LogP contribution < -0.4 is 11.1 Å². The zero-order valence-electron chi connectivity index (χ0n) is 12.4. The number of aliphatic hydroxyl groups is 2. The molecule has 5 N–H and O–H groups in total. The largest absolute Gasteiger partial charge is 0.495 e. The van der Waals surface area contributed by atoms with Crippen LogP contribution in [0, 0.1) is 0 Å². The number of nitrogens with two attached hydrogens (primary N) is 1. The first kappa shape index (κ1) is 15.9. The van der Waals surface area contributed by atoms with Crippen LogP contribution in [0.5, 0.6) is 0 Å². The van der Waals surface area contributed by atoms with Crippen LogP contribution in [0.25, 0.3) is 0 Å². The van der Waals surface area contributed by atoms with Crippen molar-refractivity contribution in [1.29, 1.82) is 0 Å². The van der Waals surface area contributed by atoms with E-state index in [4.69, 9.17) is 5.73 Å². The average molecular weight is 298 g/mol. The monoisotopic (exact) mass is 298 g/mol. The van der Waals surface area contributed by atoms with E-state index < -0.39 is 6.10 Å². The summed E-state index contributed by atoms with van der Waals surface area (Å²) < 4.78 is 0. The molecule has 2 rings (SSSR count). The highest BCUT2D eigenvalue weighted by Crippen LogP contribution is 2.13. The van der Waals surface area contributed by atoms with Crippen LogP contribution >= 0.6 is 0 Å². The Kier molecular flexibility index (Phi) is 5.44. The number of aliphatic hydroxyl groups excluding tert-OH is 2. The standard InChI is InChI=1S/C18H22N2O2/c1-13(21)20-17(11-14-5-3-2-4-6-14)18(22)12-15-7-9-16(19)10-8-15/h2-10,17-18,20-22H,1,11-12,19H2. The molecular weight excluding hydrogens is 276 g/mol. The fourth-order valence-corrected chi connectivity index (χ4v) is 2.40. The second kappa shape index (κ2) is 7.52. The minimum Gasteiger partial charge on any atom is -0.495 e. The molecule has 0 radical (unpaired) electrons. The third-order valence-corrected chi connectivity index (χ3v) is 3.54. The molecule has 0 aliphatic rings. The molecule has 0 aromatic heterocycles. The molecule has 4 nitrogen and oxygen atoms in total. The molecule has 4 heteroatoms. The van der Waals surface area contributed by atoms with Crippen LogP contribution in [-0.4, -0.2) is 22.4 Å². The first-order chi connectivity index (χ1) is 10.5. The van der Waals surface area contributed by atoms with Crippen LogP contribution in [0.15, 0.2) is 67.1 Å². The number of hydrogen-bond acceptors (Lipinski definition) is 4. The normalized spacial score (nSPS) is 13.3. The molecule has 0 spiro atoms. The summed E-state index contributed by atoms with van der Waals surface area (Å²) in [5, 5.41) is 22.8. The zero-order chi connectivity index (χ0) is 15.9. The molecule has 0 amide bonds. The first-order valence-corrected chi connectivity index (χ1v) is 7.25. The van der Waals surface area contributed by atoms with Gasteiger partial charge in [0.05, 0.1) is 12.1 Å². The Labute approximate surface area is 130 Å². The molecule has 2 aromatic carbocycles. The Hall–Kier alpha value is -2.46. The van der Waals surface area contributed by atoms with Crippen molar-refractivity contribution in [3.8, 4) is 0 Å². The molecule has 0 saturated heterocycles. The highest BCUT2D eigenvalue weighted by atomic mass is 16.3.